The van der Waals surface area contributed by atoms with Crippen molar-refractivity contribution in [3.8, 4) is 22.8 Å². The Morgan fingerprint density at radius 2 is 2.00 bits per heavy atom. The summed E-state index contributed by atoms with van der Waals surface area (Å²) in [5, 5.41) is 18.9. The van der Waals surface area contributed by atoms with E-state index in [9.17, 15) is 9.90 Å². The van der Waals surface area contributed by atoms with Crippen LogP contribution in [0.5, 0.6) is 11.5 Å². The van der Waals surface area contributed by atoms with Crippen molar-refractivity contribution in [1.29, 1.82) is 0 Å². The third kappa shape index (κ3) is 4.32. The van der Waals surface area contributed by atoms with Crippen LogP contribution in [0.15, 0.2) is 29.0 Å². The van der Waals surface area contributed by atoms with Crippen LogP contribution in [0.2, 0.25) is 0 Å². The Balaban J connectivity index is 1.69. The molecular weight excluding hydrogens is 490 g/mol. The van der Waals surface area contributed by atoms with Crippen LogP contribution in [-0.2, 0) is 17.9 Å². The fourth-order valence-electron chi connectivity index (χ4n) is 4.86. The maximum absolute atomic E-state index is 13.0. The highest BCUT2D eigenvalue weighted by Crippen LogP contribution is 2.47. The third-order valence-corrected chi connectivity index (χ3v) is 6.78. The summed E-state index contributed by atoms with van der Waals surface area (Å²) in [6.07, 6.45) is 3.30. The molecule has 3 heterocycles. The van der Waals surface area contributed by atoms with Gasteiger partial charge in [-0.3, -0.25) is 0 Å². The zero-order valence-corrected chi connectivity index (χ0v) is 22.1. The van der Waals surface area contributed by atoms with Crippen LogP contribution >= 0.6 is 0 Å². The number of rotatable bonds is 10. The summed E-state index contributed by atoms with van der Waals surface area (Å²) in [5.41, 5.74) is 3.18. The number of esters is 1. The van der Waals surface area contributed by atoms with E-state index in [1.165, 1.54) is 13.4 Å². The van der Waals surface area contributed by atoms with E-state index in [1.54, 1.807) is 14.2 Å². The number of nitrogens with zero attached hydrogens (tertiary/aromatic N) is 4. The second kappa shape index (κ2) is 10.3. The van der Waals surface area contributed by atoms with Crippen LogP contribution in [0.25, 0.3) is 22.3 Å². The summed E-state index contributed by atoms with van der Waals surface area (Å²) in [6, 6.07) is 5.54. The lowest BCUT2D eigenvalue weighted by atomic mass is 10.0. The van der Waals surface area contributed by atoms with Gasteiger partial charge in [-0.1, -0.05) is 5.16 Å². The molecular formula is C27H31N5O6. The van der Waals surface area contributed by atoms with Crippen molar-refractivity contribution in [2.75, 3.05) is 26.6 Å². The first-order valence-electron chi connectivity index (χ1n) is 12.4. The van der Waals surface area contributed by atoms with Crippen molar-refractivity contribution < 1.29 is 28.6 Å². The molecule has 0 radical (unpaired) electrons. The lowest BCUT2D eigenvalue weighted by Crippen LogP contribution is -2.08. The molecule has 38 heavy (non-hydrogen) atoms. The van der Waals surface area contributed by atoms with Crippen molar-refractivity contribution in [3.05, 3.63) is 47.1 Å². The number of nitrogens with one attached hydrogen (secondary N) is 1. The van der Waals surface area contributed by atoms with Crippen LogP contribution < -0.4 is 14.8 Å². The fraction of sp³-hybridized carbons (Fsp3) is 0.407. The van der Waals surface area contributed by atoms with E-state index in [0.29, 0.717) is 57.6 Å². The van der Waals surface area contributed by atoms with Crippen molar-refractivity contribution in [3.63, 3.8) is 0 Å². The van der Waals surface area contributed by atoms with Gasteiger partial charge in [-0.2, -0.15) is 0 Å². The monoisotopic (exact) mass is 521 g/mol. The molecule has 0 aliphatic heterocycles. The van der Waals surface area contributed by atoms with Gasteiger partial charge in [-0.15, -0.1) is 0 Å². The number of ether oxygens (including phenoxy) is 3. The minimum Gasteiger partial charge on any atom is -0.497 e. The number of aromatic nitrogens is 4. The van der Waals surface area contributed by atoms with Crippen LogP contribution in [0.4, 0.5) is 5.82 Å². The molecule has 0 amide bonds. The standard InChI is InChI=1S/C27H31N5O6/c1-14(2)32-18(12-33)20(23-22(27(34)37-5)24(38-31-23)15-6-7-15)21-25(29-13-30-26(21)32)28-11-16-8-9-17(35-3)10-19(16)36-4/h8-10,13-15,33H,6-7,11-12H2,1-5H3,(H,28,29,30). The molecule has 0 bridgehead atoms. The number of hydrogen-bond acceptors (Lipinski definition) is 10. The van der Waals surface area contributed by atoms with Crippen LogP contribution in [0, 0.1) is 0 Å². The summed E-state index contributed by atoms with van der Waals surface area (Å²) in [5.74, 6) is 1.97. The predicted molar refractivity (Wildman–Crippen MR) is 140 cm³/mol. The molecule has 11 heteroatoms. The van der Waals surface area contributed by atoms with E-state index >= 15 is 0 Å². The minimum absolute atomic E-state index is 0.0470. The summed E-state index contributed by atoms with van der Waals surface area (Å²) < 4.78 is 23.6. The van der Waals surface area contributed by atoms with E-state index in [2.05, 4.69) is 20.4 Å². The van der Waals surface area contributed by atoms with Gasteiger partial charge in [0.25, 0.3) is 0 Å². The van der Waals surface area contributed by atoms with E-state index in [1.807, 2.05) is 36.6 Å². The van der Waals surface area contributed by atoms with Crippen LogP contribution in [0.3, 0.4) is 0 Å². The number of carbonyl (C=O) groups is 1. The lowest BCUT2D eigenvalue weighted by molar-refractivity contribution is 0.0599. The van der Waals surface area contributed by atoms with E-state index in [-0.39, 0.29) is 24.1 Å². The molecule has 0 unspecified atom stereocenters. The molecule has 1 fully saturated rings. The first-order chi connectivity index (χ1) is 18.4. The molecule has 0 saturated heterocycles. The average molecular weight is 522 g/mol. The smallest absolute Gasteiger partial charge is 0.343 e. The second-order valence-electron chi connectivity index (χ2n) is 9.43. The van der Waals surface area contributed by atoms with E-state index in [0.717, 1.165) is 18.4 Å². The highest BCUT2D eigenvalue weighted by Gasteiger charge is 2.38. The summed E-state index contributed by atoms with van der Waals surface area (Å²) >= 11 is 0. The first-order valence-corrected chi connectivity index (χ1v) is 12.4. The molecule has 0 atom stereocenters. The zero-order valence-electron chi connectivity index (χ0n) is 22.1. The number of hydrogen-bond donors (Lipinski definition) is 2. The minimum atomic E-state index is -0.535. The Kier molecular flexibility index (Phi) is 6.94. The molecule has 1 aliphatic carbocycles. The molecule has 2 N–H and O–H groups in total. The zero-order chi connectivity index (χ0) is 27.0. The van der Waals surface area contributed by atoms with Crippen LogP contribution in [0.1, 0.15) is 66.0 Å². The molecule has 4 aromatic rings. The molecule has 1 aliphatic rings. The predicted octanol–water partition coefficient (Wildman–Crippen LogP) is 4.45. The number of aliphatic hydroxyl groups excluding tert-OH is 1. The van der Waals surface area contributed by atoms with Gasteiger partial charge in [0.05, 0.1) is 39.0 Å². The maximum Gasteiger partial charge on any atom is 0.343 e. The molecule has 1 aromatic carbocycles. The van der Waals surface area contributed by atoms with Gasteiger partial charge >= 0.3 is 5.97 Å². The molecule has 11 nitrogen and oxygen atoms in total. The third-order valence-electron chi connectivity index (χ3n) is 6.78. The normalized spacial score (nSPS) is 13.2. The van der Waals surface area contributed by atoms with Crippen molar-refractivity contribution in [1.82, 2.24) is 19.7 Å². The van der Waals surface area contributed by atoms with Crippen molar-refractivity contribution in [2.45, 2.75) is 51.8 Å². The highest BCUT2D eigenvalue weighted by molar-refractivity contribution is 6.07. The number of benzene rings is 1. The lowest BCUT2D eigenvalue weighted by Gasteiger charge is -2.13. The quantitative estimate of drug-likeness (QED) is 0.288. The second-order valence-corrected chi connectivity index (χ2v) is 9.43. The first kappa shape index (κ1) is 25.5. The van der Waals surface area contributed by atoms with Crippen LogP contribution in [-0.4, -0.2) is 52.1 Å². The summed E-state index contributed by atoms with van der Waals surface area (Å²) in [4.78, 5) is 22.1. The van der Waals surface area contributed by atoms with Gasteiger partial charge in [-0.25, -0.2) is 14.8 Å². The Morgan fingerprint density at radius 3 is 2.63 bits per heavy atom. The number of anilines is 1. The summed E-state index contributed by atoms with van der Waals surface area (Å²) in [6.45, 7) is 4.08. The highest BCUT2D eigenvalue weighted by atomic mass is 16.5. The number of carbonyl (C=O) groups excluding carboxylic acids is 1. The van der Waals surface area contributed by atoms with E-state index < -0.39 is 5.97 Å². The molecule has 5 rings (SSSR count). The molecule has 1 saturated carbocycles. The maximum atomic E-state index is 13.0. The molecule has 0 spiro atoms. The average Bonchev–Trinajstić information content (AvgIpc) is 3.59. The van der Waals surface area contributed by atoms with E-state index in [4.69, 9.17) is 18.7 Å². The number of aliphatic hydroxyl groups is 1. The topological polar surface area (TPSA) is 134 Å². The number of fused-ring (bicyclic) bond motifs is 1. The van der Waals surface area contributed by atoms with Gasteiger partial charge in [0.1, 0.15) is 40.5 Å². The Bertz CT molecular complexity index is 1490. The van der Waals surface area contributed by atoms with Gasteiger partial charge in [0, 0.05) is 35.7 Å². The van der Waals surface area contributed by atoms with Crippen molar-refractivity contribution in [2.24, 2.45) is 0 Å². The Hall–Kier alpha value is -4.12. The van der Waals surface area contributed by atoms with Gasteiger partial charge in [-0.05, 0) is 38.8 Å². The SMILES string of the molecule is COC(=O)c1c(-c2c(CO)n(C(C)C)c3ncnc(NCc4ccc(OC)cc4OC)c23)noc1C1CC1. The summed E-state index contributed by atoms with van der Waals surface area (Å²) in [7, 11) is 4.54. The Morgan fingerprint density at radius 1 is 1.21 bits per heavy atom. The molecule has 3 aromatic heterocycles. The van der Waals surface area contributed by atoms with Gasteiger partial charge in [0.2, 0.25) is 0 Å². The largest absolute Gasteiger partial charge is 0.497 e. The molecule has 200 valence electrons. The van der Waals surface area contributed by atoms with Crippen molar-refractivity contribution >= 4 is 22.8 Å². The Labute approximate surface area is 219 Å². The fourth-order valence-corrected chi connectivity index (χ4v) is 4.86. The number of methoxy groups -OCH3 is 3. The van der Waals surface area contributed by atoms with Gasteiger partial charge in [0.15, 0.2) is 5.76 Å². The van der Waals surface area contributed by atoms with Gasteiger partial charge < -0.3 is 33.7 Å².